The highest BCUT2D eigenvalue weighted by molar-refractivity contribution is 9.10. The van der Waals surface area contributed by atoms with Crippen LogP contribution in [-0.4, -0.2) is 31.4 Å². The number of hydrogen-bond donors (Lipinski definition) is 0. The van der Waals surface area contributed by atoms with E-state index in [1.54, 1.807) is 0 Å². The Hall–Kier alpha value is -1.03. The molecular weight excluding hydrogens is 280 g/mol. The van der Waals surface area contributed by atoms with E-state index in [2.05, 4.69) is 15.9 Å². The van der Waals surface area contributed by atoms with Crippen LogP contribution >= 0.6 is 15.9 Å². The number of piperidine rings is 1. The van der Waals surface area contributed by atoms with Crippen LogP contribution in [0.3, 0.4) is 0 Å². The summed E-state index contributed by atoms with van der Waals surface area (Å²) in [6.07, 6.45) is 1.98. The van der Waals surface area contributed by atoms with Crippen LogP contribution in [0.15, 0.2) is 24.3 Å². The Labute approximate surface area is 111 Å². The highest BCUT2D eigenvalue weighted by atomic mass is 79.9. The fourth-order valence-corrected chi connectivity index (χ4v) is 2.71. The molecule has 4 heteroatoms. The van der Waals surface area contributed by atoms with Crippen molar-refractivity contribution in [1.82, 2.24) is 0 Å². The van der Waals surface area contributed by atoms with Gasteiger partial charge in [-0.2, -0.15) is 0 Å². The molecule has 17 heavy (non-hydrogen) atoms. The average molecular weight is 297 g/mol. The van der Waals surface area contributed by atoms with E-state index in [0.29, 0.717) is 0 Å². The second-order valence-electron chi connectivity index (χ2n) is 4.48. The molecule has 0 aliphatic carbocycles. The van der Waals surface area contributed by atoms with Gasteiger partial charge in [-0.1, -0.05) is 28.1 Å². The molecule has 1 saturated heterocycles. The Kier molecular flexibility index (Phi) is 3.72. The molecule has 1 atom stereocenters. The van der Waals surface area contributed by atoms with E-state index in [1.165, 1.54) is 0 Å². The highest BCUT2D eigenvalue weighted by Gasteiger charge is 2.28. The summed E-state index contributed by atoms with van der Waals surface area (Å²) >= 11 is 3.45. The Morgan fingerprint density at radius 2 is 2.06 bits per heavy atom. The van der Waals surface area contributed by atoms with Crippen LogP contribution in [-0.2, 0) is 4.79 Å². The van der Waals surface area contributed by atoms with Gasteiger partial charge in [-0.3, -0.25) is 4.79 Å². The molecule has 0 radical (unpaired) electrons. The lowest BCUT2D eigenvalue weighted by molar-refractivity contribution is -0.118. The third-order valence-electron chi connectivity index (χ3n) is 3.03. The fraction of sp³-hybridized carbons (Fsp3) is 0.462. The predicted molar refractivity (Wildman–Crippen MR) is 75.1 cm³/mol. The van der Waals surface area contributed by atoms with Gasteiger partial charge in [0.2, 0.25) is 5.91 Å². The van der Waals surface area contributed by atoms with Crippen molar-refractivity contribution in [2.45, 2.75) is 17.7 Å². The lowest BCUT2D eigenvalue weighted by atomic mass is 10.1. The van der Waals surface area contributed by atoms with Gasteiger partial charge in [0.1, 0.15) is 0 Å². The third-order valence-corrected chi connectivity index (χ3v) is 3.88. The molecule has 0 bridgehead atoms. The number of para-hydroxylation sites is 2. The van der Waals surface area contributed by atoms with Crippen molar-refractivity contribution < 1.29 is 4.79 Å². The Morgan fingerprint density at radius 3 is 2.76 bits per heavy atom. The molecule has 92 valence electrons. The van der Waals surface area contributed by atoms with E-state index in [-0.39, 0.29) is 10.7 Å². The Bertz CT molecular complexity index is 420. The normalized spacial score (nSPS) is 20.5. The zero-order valence-corrected chi connectivity index (χ0v) is 11.8. The molecule has 0 aromatic heterocycles. The van der Waals surface area contributed by atoms with Crippen LogP contribution in [0.25, 0.3) is 0 Å². The van der Waals surface area contributed by atoms with E-state index in [9.17, 15) is 4.79 Å². The van der Waals surface area contributed by atoms with Crippen LogP contribution in [0.1, 0.15) is 12.8 Å². The summed E-state index contributed by atoms with van der Waals surface area (Å²) in [5, 5.41) is 0. The van der Waals surface area contributed by atoms with Crippen molar-refractivity contribution in [3.05, 3.63) is 24.3 Å². The first-order valence-electron chi connectivity index (χ1n) is 5.83. The number of rotatable bonds is 2. The lowest BCUT2D eigenvalue weighted by Crippen LogP contribution is -2.42. The maximum atomic E-state index is 12.2. The average Bonchev–Trinajstić information content (AvgIpc) is 2.33. The van der Waals surface area contributed by atoms with Gasteiger partial charge in [0, 0.05) is 20.6 Å². The summed E-state index contributed by atoms with van der Waals surface area (Å²) in [7, 11) is 4.00. The third kappa shape index (κ3) is 2.46. The van der Waals surface area contributed by atoms with Gasteiger partial charge in [0.15, 0.2) is 0 Å². The van der Waals surface area contributed by atoms with Crippen molar-refractivity contribution in [1.29, 1.82) is 0 Å². The number of alkyl halides is 1. The van der Waals surface area contributed by atoms with Crippen LogP contribution in [0.5, 0.6) is 0 Å². The van der Waals surface area contributed by atoms with Crippen molar-refractivity contribution in [3.8, 4) is 0 Å². The molecule has 3 nitrogen and oxygen atoms in total. The van der Waals surface area contributed by atoms with Crippen LogP contribution in [0, 0.1) is 0 Å². The molecule has 0 N–H and O–H groups in total. The number of benzene rings is 1. The first-order chi connectivity index (χ1) is 8.11. The van der Waals surface area contributed by atoms with Crippen molar-refractivity contribution in [2.75, 3.05) is 30.4 Å². The van der Waals surface area contributed by atoms with Crippen LogP contribution in [0.2, 0.25) is 0 Å². The number of anilines is 2. The van der Waals surface area contributed by atoms with E-state index in [0.717, 1.165) is 30.8 Å². The topological polar surface area (TPSA) is 23.6 Å². The monoisotopic (exact) mass is 296 g/mol. The molecule has 0 saturated carbocycles. The second kappa shape index (κ2) is 5.08. The predicted octanol–water partition coefficient (Wildman–Crippen LogP) is 2.64. The van der Waals surface area contributed by atoms with Gasteiger partial charge >= 0.3 is 0 Å². The van der Waals surface area contributed by atoms with Crippen molar-refractivity contribution >= 4 is 33.2 Å². The summed E-state index contributed by atoms with van der Waals surface area (Å²) in [4.78, 5) is 16.1. The molecule has 1 aliphatic rings. The quantitative estimate of drug-likeness (QED) is 0.784. The minimum absolute atomic E-state index is 0.0357. The maximum Gasteiger partial charge on any atom is 0.240 e. The zero-order valence-electron chi connectivity index (χ0n) is 10.2. The van der Waals surface area contributed by atoms with Gasteiger partial charge in [0.25, 0.3) is 0 Å². The molecule has 1 aliphatic heterocycles. The van der Waals surface area contributed by atoms with Gasteiger partial charge < -0.3 is 9.80 Å². The van der Waals surface area contributed by atoms with Gasteiger partial charge in [-0.25, -0.2) is 0 Å². The lowest BCUT2D eigenvalue weighted by Gasteiger charge is -2.32. The molecule has 1 aromatic rings. The molecular formula is C13H17BrN2O. The first-order valence-corrected chi connectivity index (χ1v) is 6.74. The Morgan fingerprint density at radius 1 is 1.35 bits per heavy atom. The SMILES string of the molecule is CN(C)c1ccccc1N1CCCC(Br)C1=O. The summed E-state index contributed by atoms with van der Waals surface area (Å²) in [5.74, 6) is 0.172. The van der Waals surface area contributed by atoms with E-state index in [1.807, 2.05) is 48.2 Å². The smallest absolute Gasteiger partial charge is 0.240 e. The van der Waals surface area contributed by atoms with Gasteiger partial charge in [-0.15, -0.1) is 0 Å². The first kappa shape index (κ1) is 12.4. The van der Waals surface area contributed by atoms with Crippen LogP contribution < -0.4 is 9.80 Å². The minimum atomic E-state index is -0.0357. The summed E-state index contributed by atoms with van der Waals surface area (Å²) in [6.45, 7) is 0.811. The largest absolute Gasteiger partial charge is 0.376 e. The number of halogens is 1. The Balaban J connectivity index is 2.36. The number of hydrogen-bond acceptors (Lipinski definition) is 2. The van der Waals surface area contributed by atoms with Crippen LogP contribution in [0.4, 0.5) is 11.4 Å². The van der Waals surface area contributed by atoms with Gasteiger partial charge in [0.05, 0.1) is 16.2 Å². The maximum absolute atomic E-state index is 12.2. The molecule has 1 fully saturated rings. The van der Waals surface area contributed by atoms with Gasteiger partial charge in [-0.05, 0) is 25.0 Å². The van der Waals surface area contributed by atoms with E-state index < -0.39 is 0 Å². The number of carbonyl (C=O) groups excluding carboxylic acids is 1. The highest BCUT2D eigenvalue weighted by Crippen LogP contribution is 2.31. The van der Waals surface area contributed by atoms with Crippen molar-refractivity contribution in [3.63, 3.8) is 0 Å². The molecule has 1 unspecified atom stereocenters. The molecule has 2 rings (SSSR count). The summed E-state index contributed by atoms with van der Waals surface area (Å²) in [5.41, 5.74) is 2.09. The minimum Gasteiger partial charge on any atom is -0.376 e. The number of amides is 1. The molecule has 0 spiro atoms. The second-order valence-corrected chi connectivity index (χ2v) is 5.59. The molecule has 1 amide bonds. The van der Waals surface area contributed by atoms with Crippen molar-refractivity contribution in [2.24, 2.45) is 0 Å². The fourth-order valence-electron chi connectivity index (χ4n) is 2.14. The molecule has 1 heterocycles. The van der Waals surface area contributed by atoms with E-state index >= 15 is 0 Å². The number of nitrogens with zero attached hydrogens (tertiary/aromatic N) is 2. The number of carbonyl (C=O) groups is 1. The standard InChI is InChI=1S/C13H17BrN2O/c1-15(2)11-7-3-4-8-12(11)16-9-5-6-10(14)13(16)17/h3-4,7-8,10H,5-6,9H2,1-2H3. The van der Waals surface area contributed by atoms with E-state index in [4.69, 9.17) is 0 Å². The summed E-state index contributed by atoms with van der Waals surface area (Å²) in [6, 6.07) is 8.03. The zero-order chi connectivity index (χ0) is 12.4. The summed E-state index contributed by atoms with van der Waals surface area (Å²) < 4.78 is 0. The molecule has 1 aromatic carbocycles.